The summed E-state index contributed by atoms with van der Waals surface area (Å²) in [7, 11) is 0. The lowest BCUT2D eigenvalue weighted by molar-refractivity contribution is -0.123. The third kappa shape index (κ3) is 4.12. The topological polar surface area (TPSA) is 50.7 Å². The van der Waals surface area contributed by atoms with Gasteiger partial charge in [-0.15, -0.1) is 0 Å². The summed E-state index contributed by atoms with van der Waals surface area (Å²) in [4.78, 5) is 11.9. The molecule has 0 radical (unpaired) electrons. The average molecular weight is 354 g/mol. The van der Waals surface area contributed by atoms with Gasteiger partial charge in [0.05, 0.1) is 6.21 Å². The predicted octanol–water partition coefficient (Wildman–Crippen LogP) is 4.52. The van der Waals surface area contributed by atoms with Gasteiger partial charge in [0, 0.05) is 0 Å². The molecule has 0 saturated heterocycles. The number of benzene rings is 4. The van der Waals surface area contributed by atoms with E-state index in [4.69, 9.17) is 4.74 Å². The Morgan fingerprint density at radius 2 is 1.44 bits per heavy atom. The highest BCUT2D eigenvalue weighted by Crippen LogP contribution is 2.20. The summed E-state index contributed by atoms with van der Waals surface area (Å²) < 4.78 is 5.55. The van der Waals surface area contributed by atoms with Gasteiger partial charge in [-0.3, -0.25) is 4.79 Å². The van der Waals surface area contributed by atoms with E-state index in [1.54, 1.807) is 6.21 Å². The lowest BCUT2D eigenvalue weighted by Gasteiger charge is -2.06. The van der Waals surface area contributed by atoms with Crippen molar-refractivity contribution in [2.45, 2.75) is 0 Å². The maximum Gasteiger partial charge on any atom is 0.277 e. The molecule has 132 valence electrons. The van der Waals surface area contributed by atoms with Crippen LogP contribution in [0.25, 0.3) is 21.5 Å². The second-order valence-electron chi connectivity index (χ2n) is 6.20. The molecule has 0 saturated carbocycles. The predicted molar refractivity (Wildman–Crippen MR) is 109 cm³/mol. The number of carbonyl (C=O) groups is 1. The van der Waals surface area contributed by atoms with Gasteiger partial charge in [0.1, 0.15) is 5.75 Å². The van der Waals surface area contributed by atoms with Crippen LogP contribution in [0.15, 0.2) is 90.0 Å². The van der Waals surface area contributed by atoms with Crippen LogP contribution in [0.4, 0.5) is 0 Å². The Kier molecular flexibility index (Phi) is 4.79. The minimum atomic E-state index is -0.305. The summed E-state index contributed by atoms with van der Waals surface area (Å²) >= 11 is 0. The van der Waals surface area contributed by atoms with E-state index < -0.39 is 0 Å². The van der Waals surface area contributed by atoms with Gasteiger partial charge < -0.3 is 4.74 Å². The third-order valence-corrected chi connectivity index (χ3v) is 4.27. The van der Waals surface area contributed by atoms with Gasteiger partial charge in [0.2, 0.25) is 0 Å². The average Bonchev–Trinajstić information content (AvgIpc) is 2.72. The van der Waals surface area contributed by atoms with Crippen molar-refractivity contribution in [2.75, 3.05) is 6.61 Å². The van der Waals surface area contributed by atoms with Crippen LogP contribution in [0, 0.1) is 0 Å². The first kappa shape index (κ1) is 16.8. The van der Waals surface area contributed by atoms with E-state index in [0.717, 1.165) is 21.7 Å². The number of nitrogens with zero attached hydrogens (tertiary/aromatic N) is 1. The van der Waals surface area contributed by atoms with Crippen LogP contribution in [0.2, 0.25) is 0 Å². The molecule has 0 spiro atoms. The second-order valence-corrected chi connectivity index (χ2v) is 6.20. The van der Waals surface area contributed by atoms with Crippen LogP contribution in [0.5, 0.6) is 5.75 Å². The van der Waals surface area contributed by atoms with Gasteiger partial charge in [0.25, 0.3) is 5.91 Å². The molecule has 0 aliphatic rings. The van der Waals surface area contributed by atoms with Crippen LogP contribution in [0.1, 0.15) is 5.56 Å². The fraction of sp³-hybridized carbons (Fsp3) is 0.0435. The monoisotopic (exact) mass is 354 g/mol. The smallest absolute Gasteiger partial charge is 0.277 e. The molecule has 0 fully saturated rings. The Labute approximate surface area is 157 Å². The summed E-state index contributed by atoms with van der Waals surface area (Å²) in [5.41, 5.74) is 3.41. The summed E-state index contributed by atoms with van der Waals surface area (Å²) in [5.74, 6) is 0.350. The van der Waals surface area contributed by atoms with Crippen LogP contribution < -0.4 is 10.2 Å². The zero-order chi connectivity index (χ0) is 18.5. The highest BCUT2D eigenvalue weighted by Gasteiger charge is 2.02. The van der Waals surface area contributed by atoms with E-state index in [2.05, 4.69) is 16.6 Å². The number of hydrogen-bond acceptors (Lipinski definition) is 3. The molecule has 0 atom stereocenters. The fourth-order valence-corrected chi connectivity index (χ4v) is 2.91. The van der Waals surface area contributed by atoms with Crippen molar-refractivity contribution in [1.82, 2.24) is 5.43 Å². The molecule has 4 heteroatoms. The van der Waals surface area contributed by atoms with Gasteiger partial charge >= 0.3 is 0 Å². The quantitative estimate of drug-likeness (QED) is 0.423. The van der Waals surface area contributed by atoms with Gasteiger partial charge in [-0.05, 0) is 45.3 Å². The van der Waals surface area contributed by atoms with Crippen molar-refractivity contribution in [3.63, 3.8) is 0 Å². The summed E-state index contributed by atoms with van der Waals surface area (Å²) in [5, 5.41) is 8.51. The third-order valence-electron chi connectivity index (χ3n) is 4.27. The van der Waals surface area contributed by atoms with Gasteiger partial charge in [-0.2, -0.15) is 5.10 Å². The standard InChI is InChI=1S/C23H18N2O2/c26-23(16-27-22-12-11-19-6-2-4-8-21(19)14-22)25-24-15-17-9-10-18-5-1-3-7-20(18)13-17/h1-15H,16H2,(H,25,26)/b24-15+. The van der Waals surface area contributed by atoms with Crippen LogP contribution in [-0.2, 0) is 4.79 Å². The van der Waals surface area contributed by atoms with E-state index in [1.165, 1.54) is 5.39 Å². The molecule has 4 aromatic carbocycles. The van der Waals surface area contributed by atoms with E-state index in [0.29, 0.717) is 5.75 Å². The zero-order valence-corrected chi connectivity index (χ0v) is 14.6. The molecule has 27 heavy (non-hydrogen) atoms. The Morgan fingerprint density at radius 3 is 2.19 bits per heavy atom. The Morgan fingerprint density at radius 1 is 0.815 bits per heavy atom. The van der Waals surface area contributed by atoms with Crippen molar-refractivity contribution < 1.29 is 9.53 Å². The second kappa shape index (κ2) is 7.70. The number of rotatable bonds is 5. The van der Waals surface area contributed by atoms with Crippen molar-refractivity contribution in [1.29, 1.82) is 0 Å². The molecule has 0 heterocycles. The molecule has 4 aromatic rings. The molecule has 4 rings (SSSR count). The minimum absolute atomic E-state index is 0.0899. The van der Waals surface area contributed by atoms with Crippen molar-refractivity contribution in [3.8, 4) is 5.75 Å². The molecule has 0 aliphatic carbocycles. The normalized spacial score (nSPS) is 11.1. The Bertz CT molecular complexity index is 1140. The number of amides is 1. The maximum atomic E-state index is 11.9. The molecule has 4 nitrogen and oxygen atoms in total. The van der Waals surface area contributed by atoms with Crippen LogP contribution in [-0.4, -0.2) is 18.7 Å². The van der Waals surface area contributed by atoms with Gasteiger partial charge in [0.15, 0.2) is 6.61 Å². The Balaban J connectivity index is 1.33. The first-order valence-electron chi connectivity index (χ1n) is 8.70. The number of ether oxygens (including phenoxy) is 1. The van der Waals surface area contributed by atoms with E-state index in [-0.39, 0.29) is 12.5 Å². The first-order valence-corrected chi connectivity index (χ1v) is 8.70. The highest BCUT2D eigenvalue weighted by molar-refractivity contribution is 5.91. The van der Waals surface area contributed by atoms with E-state index in [9.17, 15) is 4.79 Å². The largest absolute Gasteiger partial charge is 0.484 e. The Hall–Kier alpha value is -3.66. The first-order chi connectivity index (χ1) is 13.3. The number of fused-ring (bicyclic) bond motifs is 2. The van der Waals surface area contributed by atoms with Crippen molar-refractivity contribution in [2.24, 2.45) is 5.10 Å². The van der Waals surface area contributed by atoms with E-state index in [1.807, 2.05) is 78.9 Å². The van der Waals surface area contributed by atoms with Crippen molar-refractivity contribution in [3.05, 3.63) is 90.5 Å². The molecule has 0 aliphatic heterocycles. The molecular weight excluding hydrogens is 336 g/mol. The van der Waals surface area contributed by atoms with Crippen LogP contribution in [0.3, 0.4) is 0 Å². The number of carbonyl (C=O) groups excluding carboxylic acids is 1. The summed E-state index contributed by atoms with van der Waals surface area (Å²) in [6.45, 7) is -0.0899. The summed E-state index contributed by atoms with van der Waals surface area (Å²) in [6.07, 6.45) is 1.63. The number of hydrogen-bond donors (Lipinski definition) is 1. The number of hydrazone groups is 1. The number of nitrogens with one attached hydrogen (secondary N) is 1. The molecular formula is C23H18N2O2. The fourth-order valence-electron chi connectivity index (χ4n) is 2.91. The lowest BCUT2D eigenvalue weighted by atomic mass is 10.1. The minimum Gasteiger partial charge on any atom is -0.484 e. The highest BCUT2D eigenvalue weighted by atomic mass is 16.5. The lowest BCUT2D eigenvalue weighted by Crippen LogP contribution is -2.24. The summed E-state index contributed by atoms with van der Waals surface area (Å²) in [6, 6.07) is 27.9. The molecule has 0 unspecified atom stereocenters. The van der Waals surface area contributed by atoms with E-state index >= 15 is 0 Å². The van der Waals surface area contributed by atoms with Gasteiger partial charge in [-0.25, -0.2) is 5.43 Å². The molecule has 0 bridgehead atoms. The SMILES string of the molecule is O=C(COc1ccc2ccccc2c1)N/N=C/c1ccc2ccccc2c1. The van der Waals surface area contributed by atoms with Gasteiger partial charge in [-0.1, -0.05) is 66.7 Å². The van der Waals surface area contributed by atoms with Crippen molar-refractivity contribution >= 4 is 33.7 Å². The molecule has 1 N–H and O–H groups in total. The van der Waals surface area contributed by atoms with Crippen LogP contribution >= 0.6 is 0 Å². The molecule has 0 aromatic heterocycles. The molecule has 1 amide bonds. The zero-order valence-electron chi connectivity index (χ0n) is 14.6. The maximum absolute atomic E-state index is 11.9.